The van der Waals surface area contributed by atoms with Crippen LogP contribution in [0, 0.1) is 16.7 Å². The molecule has 41 heavy (non-hydrogen) atoms. The van der Waals surface area contributed by atoms with Crippen LogP contribution in [0.25, 0.3) is 0 Å². The molecule has 0 aromatic rings. The monoisotopic (exact) mass is 606 g/mol. The summed E-state index contributed by atoms with van der Waals surface area (Å²) in [5.41, 5.74) is 1.44. The lowest BCUT2D eigenvalue weighted by Crippen LogP contribution is -2.67. The van der Waals surface area contributed by atoms with Gasteiger partial charge < -0.3 is 23.4 Å². The van der Waals surface area contributed by atoms with E-state index in [0.29, 0.717) is 12.8 Å². The number of aliphatic hydroxyl groups excluding tert-OH is 1. The van der Waals surface area contributed by atoms with Crippen molar-refractivity contribution >= 4 is 22.8 Å². The lowest BCUT2D eigenvalue weighted by Gasteiger charge is -2.61. The zero-order valence-corrected chi connectivity index (χ0v) is 30.0. The van der Waals surface area contributed by atoms with Crippen LogP contribution in [0.4, 0.5) is 4.79 Å². The summed E-state index contributed by atoms with van der Waals surface area (Å²) in [6.45, 7) is 31.6. The highest BCUT2D eigenvalue weighted by atomic mass is 28.4. The molecule has 1 saturated heterocycles. The van der Waals surface area contributed by atoms with Crippen molar-refractivity contribution in [2.45, 2.75) is 161 Å². The zero-order chi connectivity index (χ0) is 31.0. The van der Waals surface area contributed by atoms with Crippen LogP contribution in [-0.4, -0.2) is 57.9 Å². The minimum atomic E-state index is -2.19. The number of carbonyl (C=O) groups excluding carboxylic acids is 1. The maximum atomic E-state index is 13.3. The summed E-state index contributed by atoms with van der Waals surface area (Å²) in [5, 5.41) is 11.1. The molecule has 2 bridgehead atoms. The van der Waals surface area contributed by atoms with Gasteiger partial charge in [-0.2, -0.15) is 0 Å². The van der Waals surface area contributed by atoms with Crippen LogP contribution in [0.2, 0.25) is 36.3 Å². The van der Waals surface area contributed by atoms with E-state index in [9.17, 15) is 9.90 Å². The molecule has 1 spiro atoms. The van der Waals surface area contributed by atoms with E-state index in [2.05, 4.69) is 88.9 Å². The molecule has 0 unspecified atom stereocenters. The highest BCUT2D eigenvalue weighted by molar-refractivity contribution is 6.74. The van der Waals surface area contributed by atoms with Gasteiger partial charge in [0.05, 0.1) is 18.3 Å². The molecule has 7 atom stereocenters. The molecule has 1 aliphatic heterocycles. The summed E-state index contributed by atoms with van der Waals surface area (Å²) < 4.78 is 27.4. The number of hydrogen-bond acceptors (Lipinski definition) is 6. The van der Waals surface area contributed by atoms with Gasteiger partial charge in [0.1, 0.15) is 0 Å². The van der Waals surface area contributed by atoms with Gasteiger partial charge in [-0.25, -0.2) is 4.79 Å². The fraction of sp³-hybridized carbons (Fsp3) is 0.848. The van der Waals surface area contributed by atoms with Crippen LogP contribution in [-0.2, 0) is 18.3 Å². The number of carbonyl (C=O) groups is 1. The van der Waals surface area contributed by atoms with Gasteiger partial charge >= 0.3 is 6.16 Å². The van der Waals surface area contributed by atoms with Crippen LogP contribution < -0.4 is 0 Å². The Balaban J connectivity index is 2.01. The third-order valence-corrected chi connectivity index (χ3v) is 21.6. The Morgan fingerprint density at radius 2 is 1.61 bits per heavy atom. The molecule has 0 aromatic heterocycles. The molecule has 234 valence electrons. The minimum absolute atomic E-state index is 0.0256. The fourth-order valence-corrected chi connectivity index (χ4v) is 12.6. The number of rotatable bonds is 7. The maximum Gasteiger partial charge on any atom is 0.509 e. The van der Waals surface area contributed by atoms with Gasteiger partial charge in [-0.15, -0.1) is 0 Å². The molecule has 3 fully saturated rings. The van der Waals surface area contributed by atoms with Gasteiger partial charge in [0.2, 0.25) is 0 Å². The van der Waals surface area contributed by atoms with Crippen LogP contribution in [0.3, 0.4) is 0 Å². The Morgan fingerprint density at radius 3 is 2.15 bits per heavy atom. The Bertz CT molecular complexity index is 1080. The molecular formula is C33H58O6Si2. The molecule has 4 aliphatic rings. The molecule has 0 aromatic carbocycles. The first kappa shape index (κ1) is 33.0. The molecule has 0 amide bonds. The first-order valence-corrected chi connectivity index (χ1v) is 21.5. The van der Waals surface area contributed by atoms with Crippen molar-refractivity contribution in [2.24, 2.45) is 16.7 Å². The quantitative estimate of drug-likeness (QED) is 0.178. The molecular weight excluding hydrogens is 549 g/mol. The van der Waals surface area contributed by atoms with Crippen molar-refractivity contribution in [1.82, 2.24) is 0 Å². The normalized spacial score (nSPS) is 37.5. The Kier molecular flexibility index (Phi) is 8.52. The van der Waals surface area contributed by atoms with Crippen LogP contribution in [0.1, 0.15) is 94.9 Å². The van der Waals surface area contributed by atoms with Gasteiger partial charge in [-0.05, 0) is 84.6 Å². The average molecular weight is 607 g/mol. The number of hydrogen-bond donors (Lipinski definition) is 1. The van der Waals surface area contributed by atoms with Crippen LogP contribution in [0.5, 0.6) is 0 Å². The van der Waals surface area contributed by atoms with Crippen molar-refractivity contribution < 1.29 is 28.2 Å². The summed E-state index contributed by atoms with van der Waals surface area (Å²) in [5.74, 6) is -0.238. The van der Waals surface area contributed by atoms with Gasteiger partial charge in [0, 0.05) is 17.8 Å². The molecule has 2 saturated carbocycles. The van der Waals surface area contributed by atoms with Crippen molar-refractivity contribution in [3.05, 3.63) is 23.3 Å². The third-order valence-electron chi connectivity index (χ3n) is 12.5. The molecule has 6 nitrogen and oxygen atoms in total. The van der Waals surface area contributed by atoms with E-state index in [1.54, 1.807) is 0 Å². The Labute approximate surface area is 251 Å². The topological polar surface area (TPSA) is 74.2 Å². The van der Waals surface area contributed by atoms with Crippen molar-refractivity contribution in [3.8, 4) is 0 Å². The maximum absolute atomic E-state index is 13.3. The zero-order valence-electron chi connectivity index (χ0n) is 28.0. The van der Waals surface area contributed by atoms with Gasteiger partial charge in [-0.1, -0.05) is 68.9 Å². The second-order valence-corrected chi connectivity index (χ2v) is 25.4. The van der Waals surface area contributed by atoms with Gasteiger partial charge in [-0.3, -0.25) is 0 Å². The molecule has 1 heterocycles. The van der Waals surface area contributed by atoms with E-state index in [1.807, 2.05) is 0 Å². The van der Waals surface area contributed by atoms with E-state index in [1.165, 1.54) is 11.1 Å². The minimum Gasteiger partial charge on any atom is -0.426 e. The SMILES string of the molecule is C=C1[C@@H](O)CC[C@@]2(C)C[C@@H](O[Si](CC)(CC)CC)C3=C(C)[C@@H](O[Si](C)(C)C(C)(C)C)C[C@]4(OC(=O)O[C@H]4[C@H]12)C3(C)C. The Morgan fingerprint density at radius 1 is 1.02 bits per heavy atom. The fourth-order valence-electron chi connectivity index (χ4n) is 8.48. The second kappa shape index (κ2) is 10.6. The predicted molar refractivity (Wildman–Crippen MR) is 170 cm³/mol. The lowest BCUT2D eigenvalue weighted by molar-refractivity contribution is -0.143. The summed E-state index contributed by atoms with van der Waals surface area (Å²) in [7, 11) is -4.23. The Hall–Kier alpha value is -0.936. The van der Waals surface area contributed by atoms with Crippen LogP contribution in [0.15, 0.2) is 23.3 Å². The first-order valence-electron chi connectivity index (χ1n) is 16.1. The molecule has 8 heteroatoms. The summed E-state index contributed by atoms with van der Waals surface area (Å²) in [6, 6.07) is 3.18. The van der Waals surface area contributed by atoms with Crippen LogP contribution >= 0.6 is 0 Å². The van der Waals surface area contributed by atoms with E-state index in [4.69, 9.17) is 18.3 Å². The smallest absolute Gasteiger partial charge is 0.426 e. The van der Waals surface area contributed by atoms with E-state index in [0.717, 1.165) is 36.5 Å². The van der Waals surface area contributed by atoms with Gasteiger partial charge in [0.15, 0.2) is 28.3 Å². The first-order chi connectivity index (χ1) is 18.7. The van der Waals surface area contributed by atoms with Crippen molar-refractivity contribution in [1.29, 1.82) is 0 Å². The molecule has 1 N–H and O–H groups in total. The molecule has 4 rings (SSSR count). The lowest BCUT2D eigenvalue weighted by atomic mass is 9.48. The largest absolute Gasteiger partial charge is 0.509 e. The van der Waals surface area contributed by atoms with E-state index in [-0.39, 0.29) is 28.6 Å². The number of aliphatic hydroxyl groups is 1. The molecule has 3 aliphatic carbocycles. The molecule has 0 radical (unpaired) electrons. The van der Waals surface area contributed by atoms with E-state index >= 15 is 0 Å². The highest BCUT2D eigenvalue weighted by Gasteiger charge is 2.71. The number of fused-ring (bicyclic) bond motifs is 3. The third kappa shape index (κ3) is 5.05. The van der Waals surface area contributed by atoms with E-state index < -0.39 is 46.0 Å². The van der Waals surface area contributed by atoms with Crippen molar-refractivity contribution in [2.75, 3.05) is 0 Å². The predicted octanol–water partition coefficient (Wildman–Crippen LogP) is 8.52. The summed E-state index contributed by atoms with van der Waals surface area (Å²) in [6.07, 6.45) is 0.648. The van der Waals surface area contributed by atoms with Crippen molar-refractivity contribution in [3.63, 3.8) is 0 Å². The second-order valence-electron chi connectivity index (χ2n) is 15.9. The average Bonchev–Trinajstić information content (AvgIpc) is 3.19. The highest BCUT2D eigenvalue weighted by Crippen LogP contribution is 2.65. The number of ether oxygens (including phenoxy) is 2. The van der Waals surface area contributed by atoms with Gasteiger partial charge in [0.25, 0.3) is 0 Å². The standard InChI is InChI=1S/C33H58O6Si2/c1-14-41(15-2,16-3)39-25-19-32(11)18-17-23(34)21(4)27(32)28-33(37-29(35)36-28)20-24(22(5)26(25)31(33,9)10)38-40(12,13)30(6,7)8/h23-25,27-28,34H,4,14-20H2,1-3,5-13H3/t23-,24-,25+,27-,28-,32-,33+/m0/s1. The summed E-state index contributed by atoms with van der Waals surface area (Å²) >= 11 is 0. The summed E-state index contributed by atoms with van der Waals surface area (Å²) in [4.78, 5) is 13.3.